The Morgan fingerprint density at radius 1 is 1.21 bits per heavy atom. The van der Waals surface area contributed by atoms with Crippen LogP contribution in [-0.2, 0) is 11.2 Å². The van der Waals surface area contributed by atoms with E-state index in [1.165, 1.54) is 12.1 Å². The van der Waals surface area contributed by atoms with Gasteiger partial charge in [-0.2, -0.15) is 0 Å². The minimum atomic E-state index is -0.215. The number of aliphatic hydroxyl groups excluding tert-OH is 1. The number of hydrogen-bond acceptors (Lipinski definition) is 3. The van der Waals surface area contributed by atoms with Gasteiger partial charge in [-0.1, -0.05) is 26.0 Å². The Labute approximate surface area is 168 Å². The van der Waals surface area contributed by atoms with Crippen molar-refractivity contribution in [1.29, 1.82) is 0 Å². The summed E-state index contributed by atoms with van der Waals surface area (Å²) in [5.74, 6) is 1.13. The van der Waals surface area contributed by atoms with Crippen molar-refractivity contribution < 1.29 is 14.3 Å². The molecule has 1 N–H and O–H groups in total. The third-order valence-electron chi connectivity index (χ3n) is 6.41. The highest BCUT2D eigenvalue weighted by Gasteiger charge is 2.38. The predicted molar refractivity (Wildman–Crippen MR) is 109 cm³/mol. The van der Waals surface area contributed by atoms with Gasteiger partial charge in [-0.3, -0.25) is 4.79 Å². The van der Waals surface area contributed by atoms with E-state index < -0.39 is 0 Å². The predicted octanol–water partition coefficient (Wildman–Crippen LogP) is 3.34. The van der Waals surface area contributed by atoms with Crippen LogP contribution in [0, 0.1) is 23.1 Å². The zero-order valence-corrected chi connectivity index (χ0v) is 17.4. The molecule has 2 aliphatic rings. The van der Waals surface area contributed by atoms with Gasteiger partial charge in [0.1, 0.15) is 5.82 Å². The largest absolute Gasteiger partial charge is 0.396 e. The standard InChI is InChI=1S/C23H35FN2O2/c1-18(2)13-22(28)26-10-7-20(8-11-26)15-25-12-9-23(16-25,17-27)14-19-3-5-21(24)6-4-19/h3-6,18,20,27H,7-17H2,1-2H3. The highest BCUT2D eigenvalue weighted by Crippen LogP contribution is 2.35. The molecular weight excluding hydrogens is 355 g/mol. The molecule has 0 aromatic heterocycles. The summed E-state index contributed by atoms with van der Waals surface area (Å²) < 4.78 is 13.2. The SMILES string of the molecule is CC(C)CC(=O)N1CCC(CN2CCC(CO)(Cc3ccc(F)cc3)C2)CC1. The topological polar surface area (TPSA) is 43.8 Å². The highest BCUT2D eigenvalue weighted by molar-refractivity contribution is 5.76. The lowest BCUT2D eigenvalue weighted by atomic mass is 9.81. The number of nitrogens with zero attached hydrogens (tertiary/aromatic N) is 2. The van der Waals surface area contributed by atoms with Gasteiger partial charge in [-0.15, -0.1) is 0 Å². The fourth-order valence-corrected chi connectivity index (χ4v) is 4.76. The quantitative estimate of drug-likeness (QED) is 0.777. The minimum absolute atomic E-state index is 0.119. The number of benzene rings is 1. The van der Waals surface area contributed by atoms with Crippen molar-refractivity contribution in [2.45, 2.75) is 46.0 Å². The number of carbonyl (C=O) groups excluding carboxylic acids is 1. The first-order valence-corrected chi connectivity index (χ1v) is 10.7. The lowest BCUT2D eigenvalue weighted by Crippen LogP contribution is -2.42. The summed E-state index contributed by atoms with van der Waals surface area (Å²) in [6.45, 7) is 9.08. The molecule has 28 heavy (non-hydrogen) atoms. The molecule has 4 nitrogen and oxygen atoms in total. The van der Waals surface area contributed by atoms with Crippen LogP contribution >= 0.6 is 0 Å². The smallest absolute Gasteiger partial charge is 0.222 e. The summed E-state index contributed by atoms with van der Waals surface area (Å²) in [4.78, 5) is 16.8. The summed E-state index contributed by atoms with van der Waals surface area (Å²) in [7, 11) is 0. The molecule has 1 atom stereocenters. The molecule has 1 unspecified atom stereocenters. The molecular formula is C23H35FN2O2. The maximum Gasteiger partial charge on any atom is 0.222 e. The number of rotatable bonds is 7. The molecule has 1 aromatic rings. The first-order chi connectivity index (χ1) is 13.4. The van der Waals surface area contributed by atoms with Crippen molar-refractivity contribution in [3.8, 4) is 0 Å². The van der Waals surface area contributed by atoms with Gasteiger partial charge in [0.25, 0.3) is 0 Å². The van der Waals surface area contributed by atoms with Crippen molar-refractivity contribution in [2.75, 3.05) is 39.3 Å². The summed E-state index contributed by atoms with van der Waals surface area (Å²) >= 11 is 0. The third kappa shape index (κ3) is 5.54. The third-order valence-corrected chi connectivity index (χ3v) is 6.41. The van der Waals surface area contributed by atoms with E-state index in [0.29, 0.717) is 24.2 Å². The van der Waals surface area contributed by atoms with Gasteiger partial charge in [0.05, 0.1) is 6.61 Å². The molecule has 0 spiro atoms. The van der Waals surface area contributed by atoms with Gasteiger partial charge in [-0.05, 0) is 61.8 Å². The van der Waals surface area contributed by atoms with E-state index in [4.69, 9.17) is 0 Å². The second kappa shape index (κ2) is 9.36. The maximum atomic E-state index is 13.2. The first-order valence-electron chi connectivity index (χ1n) is 10.7. The Bertz CT molecular complexity index is 641. The van der Waals surface area contributed by atoms with Crippen LogP contribution in [0.2, 0.25) is 0 Å². The fraction of sp³-hybridized carbons (Fsp3) is 0.696. The number of aliphatic hydroxyl groups is 1. The van der Waals surface area contributed by atoms with Crippen LogP contribution in [0.4, 0.5) is 4.39 Å². The van der Waals surface area contributed by atoms with Gasteiger partial charge in [0, 0.05) is 38.0 Å². The molecule has 0 bridgehead atoms. The average molecular weight is 391 g/mol. The van der Waals surface area contributed by atoms with Crippen LogP contribution in [0.3, 0.4) is 0 Å². The fourth-order valence-electron chi connectivity index (χ4n) is 4.76. The van der Waals surface area contributed by atoms with Crippen molar-refractivity contribution in [3.63, 3.8) is 0 Å². The summed E-state index contributed by atoms with van der Waals surface area (Å²) in [6, 6.07) is 6.67. The molecule has 5 heteroatoms. The number of halogens is 1. The zero-order valence-electron chi connectivity index (χ0n) is 17.4. The van der Waals surface area contributed by atoms with E-state index >= 15 is 0 Å². The van der Waals surface area contributed by atoms with Gasteiger partial charge < -0.3 is 14.9 Å². The van der Waals surface area contributed by atoms with Crippen LogP contribution in [0.1, 0.15) is 45.1 Å². The Hall–Kier alpha value is -1.46. The molecule has 2 aliphatic heterocycles. The molecule has 2 fully saturated rings. The van der Waals surface area contributed by atoms with Crippen molar-refractivity contribution >= 4 is 5.91 Å². The molecule has 0 radical (unpaired) electrons. The van der Waals surface area contributed by atoms with Crippen LogP contribution < -0.4 is 0 Å². The molecule has 2 saturated heterocycles. The van der Waals surface area contributed by atoms with Gasteiger partial charge in [0.15, 0.2) is 0 Å². The lowest BCUT2D eigenvalue weighted by Gasteiger charge is -2.35. The Morgan fingerprint density at radius 2 is 1.89 bits per heavy atom. The van der Waals surface area contributed by atoms with Gasteiger partial charge in [0.2, 0.25) is 5.91 Å². The summed E-state index contributed by atoms with van der Waals surface area (Å²) in [5.41, 5.74) is 0.973. The van der Waals surface area contributed by atoms with Crippen molar-refractivity contribution in [2.24, 2.45) is 17.3 Å². The van der Waals surface area contributed by atoms with Gasteiger partial charge >= 0.3 is 0 Å². The molecule has 0 aliphatic carbocycles. The van der Waals surface area contributed by atoms with E-state index in [1.807, 2.05) is 17.0 Å². The van der Waals surface area contributed by atoms with E-state index in [2.05, 4.69) is 18.7 Å². The monoisotopic (exact) mass is 390 g/mol. The lowest BCUT2D eigenvalue weighted by molar-refractivity contribution is -0.133. The summed E-state index contributed by atoms with van der Waals surface area (Å²) in [6.07, 6.45) is 4.57. The second-order valence-corrected chi connectivity index (χ2v) is 9.37. The molecule has 1 aromatic carbocycles. The molecule has 0 saturated carbocycles. The maximum absolute atomic E-state index is 13.2. The number of hydrogen-bond donors (Lipinski definition) is 1. The molecule has 3 rings (SSSR count). The number of piperidine rings is 1. The van der Waals surface area contributed by atoms with Gasteiger partial charge in [-0.25, -0.2) is 4.39 Å². The number of amides is 1. The van der Waals surface area contributed by atoms with E-state index in [-0.39, 0.29) is 17.8 Å². The normalized spacial score (nSPS) is 24.2. The highest BCUT2D eigenvalue weighted by atomic mass is 19.1. The number of carbonyl (C=O) groups is 1. The van der Waals surface area contributed by atoms with E-state index in [0.717, 1.165) is 64.0 Å². The molecule has 1 amide bonds. The van der Waals surface area contributed by atoms with Crippen LogP contribution in [0.25, 0.3) is 0 Å². The molecule has 156 valence electrons. The van der Waals surface area contributed by atoms with Crippen LogP contribution in [-0.4, -0.2) is 60.1 Å². The number of likely N-dealkylation sites (tertiary alicyclic amines) is 2. The van der Waals surface area contributed by atoms with Crippen molar-refractivity contribution in [3.05, 3.63) is 35.6 Å². The Morgan fingerprint density at radius 3 is 2.50 bits per heavy atom. The van der Waals surface area contributed by atoms with E-state index in [9.17, 15) is 14.3 Å². The average Bonchev–Trinajstić information content (AvgIpc) is 3.07. The first kappa shape index (κ1) is 21.3. The van der Waals surface area contributed by atoms with Crippen molar-refractivity contribution in [1.82, 2.24) is 9.80 Å². The minimum Gasteiger partial charge on any atom is -0.396 e. The van der Waals surface area contributed by atoms with Crippen LogP contribution in [0.5, 0.6) is 0 Å². The van der Waals surface area contributed by atoms with E-state index in [1.54, 1.807) is 0 Å². The van der Waals surface area contributed by atoms with Crippen LogP contribution in [0.15, 0.2) is 24.3 Å². The second-order valence-electron chi connectivity index (χ2n) is 9.37. The summed E-state index contributed by atoms with van der Waals surface area (Å²) in [5, 5.41) is 10.1. The Kier molecular flexibility index (Phi) is 7.10. The Balaban J connectivity index is 1.47. The zero-order chi connectivity index (χ0) is 20.1. The molecule has 2 heterocycles.